The van der Waals surface area contributed by atoms with Gasteiger partial charge in [-0.1, -0.05) is 182 Å². The van der Waals surface area contributed by atoms with Gasteiger partial charge in [0, 0.05) is 76.0 Å². The molecule has 0 aliphatic heterocycles. The molecule has 8 nitrogen and oxygen atoms in total. The highest BCUT2D eigenvalue weighted by atomic mass is 15.1. The lowest BCUT2D eigenvalue weighted by Crippen LogP contribution is -2.14. The molecule has 0 N–H and O–H groups in total. The van der Waals surface area contributed by atoms with Crippen LogP contribution >= 0.6 is 0 Å². The molecule has 0 saturated heterocycles. The van der Waals surface area contributed by atoms with Gasteiger partial charge in [-0.05, 0) is 97.1 Å². The third-order valence-electron chi connectivity index (χ3n) is 18.6. The van der Waals surface area contributed by atoms with E-state index in [0.717, 1.165) is 121 Å². The van der Waals surface area contributed by atoms with Gasteiger partial charge in [0.15, 0.2) is 0 Å². The van der Waals surface area contributed by atoms with Crippen LogP contribution in [0.2, 0.25) is 0 Å². The number of rotatable bonds is 6. The van der Waals surface area contributed by atoms with E-state index in [1.807, 2.05) is 0 Å². The first kappa shape index (κ1) is 48.1. The van der Waals surface area contributed by atoms with Crippen molar-refractivity contribution in [3.8, 4) is 40.2 Å². The van der Waals surface area contributed by atoms with Crippen LogP contribution in [0.1, 0.15) is 5.56 Å². The van der Waals surface area contributed by atoms with E-state index in [4.69, 9.17) is 4.85 Å². The van der Waals surface area contributed by atoms with Gasteiger partial charge in [0.1, 0.15) is 6.07 Å². The molecule has 0 bridgehead atoms. The van der Waals surface area contributed by atoms with Crippen molar-refractivity contribution in [2.75, 3.05) is 0 Å². The highest BCUT2D eigenvalue weighted by molar-refractivity contribution is 6.19. The minimum absolute atomic E-state index is 0.334. The van der Waals surface area contributed by atoms with Gasteiger partial charge in [0.05, 0.1) is 101 Å². The number of nitrogens with zero attached hydrogens (tertiary/aromatic N) is 8. The Morgan fingerprint density at radius 1 is 0.239 bits per heavy atom. The van der Waals surface area contributed by atoms with Crippen molar-refractivity contribution in [2.24, 2.45) is 0 Å². The Morgan fingerprint density at radius 2 is 0.466 bits per heavy atom. The molecule has 0 aliphatic carbocycles. The van der Waals surface area contributed by atoms with Crippen LogP contribution in [0.3, 0.4) is 0 Å². The zero-order chi connectivity index (χ0) is 57.9. The third-order valence-corrected chi connectivity index (χ3v) is 18.6. The molecular formula is C80H46N8. The Kier molecular flexibility index (Phi) is 9.87. The Hall–Kier alpha value is -12.4. The minimum Gasteiger partial charge on any atom is -0.318 e. The highest BCUT2D eigenvalue weighted by Crippen LogP contribution is 2.52. The van der Waals surface area contributed by atoms with Crippen molar-refractivity contribution < 1.29 is 0 Å². The summed E-state index contributed by atoms with van der Waals surface area (Å²) in [7, 11) is 0. The van der Waals surface area contributed by atoms with Gasteiger partial charge in [-0.3, -0.25) is 0 Å². The van der Waals surface area contributed by atoms with Crippen LogP contribution in [0, 0.1) is 17.9 Å². The fourth-order valence-corrected chi connectivity index (χ4v) is 15.2. The lowest BCUT2D eigenvalue weighted by atomic mass is 10.0. The average Bonchev–Trinajstić information content (AvgIpc) is 1.78. The quantitative estimate of drug-likeness (QED) is 0.153. The Labute approximate surface area is 502 Å². The first-order chi connectivity index (χ1) is 43.7. The zero-order valence-corrected chi connectivity index (χ0v) is 47.1. The maximum absolute atomic E-state index is 12.9. The molecule has 0 unspecified atom stereocenters. The van der Waals surface area contributed by atoms with Crippen LogP contribution in [0.4, 0.5) is 5.69 Å². The maximum atomic E-state index is 12.9. The number of hydrogen-bond acceptors (Lipinski definition) is 1. The van der Waals surface area contributed by atoms with E-state index in [-0.39, 0.29) is 0 Å². The molecule has 8 heteroatoms. The van der Waals surface area contributed by atoms with Crippen molar-refractivity contribution in [1.82, 2.24) is 27.4 Å². The van der Waals surface area contributed by atoms with Crippen molar-refractivity contribution in [2.45, 2.75) is 0 Å². The zero-order valence-electron chi connectivity index (χ0n) is 47.1. The van der Waals surface area contributed by atoms with Crippen LogP contribution in [-0.2, 0) is 0 Å². The molecule has 406 valence electrons. The van der Waals surface area contributed by atoms with E-state index >= 15 is 0 Å². The third kappa shape index (κ3) is 6.34. The number of hydrogen-bond donors (Lipinski definition) is 0. The summed E-state index contributed by atoms with van der Waals surface area (Å²) < 4.78 is 13.9. The summed E-state index contributed by atoms with van der Waals surface area (Å²) in [6, 6.07) is 102. The maximum Gasteiger partial charge on any atom is 0.237 e. The van der Waals surface area contributed by atoms with E-state index < -0.39 is 0 Å². The molecule has 19 aromatic rings. The second-order valence-corrected chi connectivity index (χ2v) is 22.9. The SMILES string of the molecule is [C-]#[N+]c1c(-n2c3ccc(-n4c5ccccc5c5ccccc54)cc3c3cc(-n4c5ccccc5c5ccccc54)ccc32)c(C#N)c(-n2c3ccccc3c3ccccc32)c(-n2c3ccccc3c3ccccc32)c1-n1c2ccccc2c2ccccc21. The standard InChI is InChI=1S/C80H46N8/c1-82-76-77(85-74-44-42-49(83-64-32-12-2-22-51(64)52-23-3-13-33-65(52)83)46-61(74)62-47-50(43-45-75(62)85)84-66-34-14-4-24-53(66)54-25-5-15-35-67(54)84)63(48-81)78(86-68-36-16-6-26-55(68)56-27-7-17-37-69(56)86)80(88-72-40-20-10-30-59(72)60-31-11-21-41-73(60)88)79(76)87-70-38-18-8-28-57(70)58-29-9-19-39-71(58)87/h2-47H. The number of aromatic nitrogens is 6. The molecule has 19 rings (SSSR count). The van der Waals surface area contributed by atoms with Gasteiger partial charge >= 0.3 is 0 Å². The van der Waals surface area contributed by atoms with Gasteiger partial charge in [0.25, 0.3) is 0 Å². The molecule has 0 radical (unpaired) electrons. The van der Waals surface area contributed by atoms with E-state index in [0.29, 0.717) is 34.0 Å². The number of nitriles is 1. The van der Waals surface area contributed by atoms with Gasteiger partial charge in [-0.2, -0.15) is 5.26 Å². The molecular weight excluding hydrogens is 1070 g/mol. The number of benzene rings is 13. The fraction of sp³-hybridized carbons (Fsp3) is 0. The highest BCUT2D eigenvalue weighted by Gasteiger charge is 2.35. The van der Waals surface area contributed by atoms with Crippen molar-refractivity contribution in [3.05, 3.63) is 296 Å². The van der Waals surface area contributed by atoms with Gasteiger partial charge in [-0.25, -0.2) is 4.85 Å². The smallest absolute Gasteiger partial charge is 0.237 e. The summed E-state index contributed by atoms with van der Waals surface area (Å²) in [5, 5.41) is 25.8. The van der Waals surface area contributed by atoms with Gasteiger partial charge in [-0.15, -0.1) is 0 Å². The van der Waals surface area contributed by atoms with Crippen LogP contribution < -0.4 is 0 Å². The topological polar surface area (TPSA) is 57.7 Å². The Balaban J connectivity index is 1.05. The summed E-state index contributed by atoms with van der Waals surface area (Å²) in [6.45, 7) is 10.0. The molecule has 88 heavy (non-hydrogen) atoms. The summed E-state index contributed by atoms with van der Waals surface area (Å²) >= 11 is 0. The number of para-hydroxylation sites is 10. The second kappa shape index (κ2) is 18.1. The first-order valence-electron chi connectivity index (χ1n) is 29.7. The van der Waals surface area contributed by atoms with Crippen molar-refractivity contribution in [3.63, 3.8) is 0 Å². The van der Waals surface area contributed by atoms with E-state index in [1.165, 1.54) is 21.5 Å². The van der Waals surface area contributed by atoms with E-state index in [1.54, 1.807) is 0 Å². The molecule has 0 saturated carbocycles. The summed E-state index contributed by atoms with van der Waals surface area (Å²) in [4.78, 5) is 4.88. The monoisotopic (exact) mass is 1120 g/mol. The summed E-state index contributed by atoms with van der Waals surface area (Å²) in [5.41, 5.74) is 17.0. The molecule has 0 aliphatic rings. The van der Waals surface area contributed by atoms with Crippen LogP contribution in [0.5, 0.6) is 0 Å². The lowest BCUT2D eigenvalue weighted by molar-refractivity contribution is 1.03. The molecule has 0 atom stereocenters. The fourth-order valence-electron chi connectivity index (χ4n) is 15.2. The van der Waals surface area contributed by atoms with E-state index in [2.05, 4.69) is 313 Å². The minimum atomic E-state index is 0.334. The normalized spacial score (nSPS) is 12.1. The predicted octanol–water partition coefficient (Wildman–Crippen LogP) is 20.7. The molecule has 6 aromatic heterocycles. The largest absolute Gasteiger partial charge is 0.318 e. The Morgan fingerprint density at radius 3 is 0.739 bits per heavy atom. The molecule has 0 amide bonds. The van der Waals surface area contributed by atoms with Gasteiger partial charge in [0.2, 0.25) is 5.69 Å². The molecule has 13 aromatic carbocycles. The molecule has 0 spiro atoms. The summed E-state index contributed by atoms with van der Waals surface area (Å²) in [6.07, 6.45) is 0. The average molecular weight is 1120 g/mol. The Bertz CT molecular complexity index is 5760. The predicted molar refractivity (Wildman–Crippen MR) is 363 cm³/mol. The van der Waals surface area contributed by atoms with Crippen LogP contribution in [-0.4, -0.2) is 27.4 Å². The van der Waals surface area contributed by atoms with Crippen molar-refractivity contribution >= 4 is 137 Å². The lowest BCUT2D eigenvalue weighted by Gasteiger charge is -2.27. The molecule has 0 fully saturated rings. The van der Waals surface area contributed by atoms with Crippen LogP contribution in [0.15, 0.2) is 279 Å². The second-order valence-electron chi connectivity index (χ2n) is 22.9. The van der Waals surface area contributed by atoms with E-state index in [9.17, 15) is 11.8 Å². The molecule has 6 heterocycles. The summed E-state index contributed by atoms with van der Waals surface area (Å²) in [5.74, 6) is 0. The van der Waals surface area contributed by atoms with Crippen molar-refractivity contribution in [1.29, 1.82) is 5.26 Å². The number of fused-ring (bicyclic) bond motifs is 18. The van der Waals surface area contributed by atoms with Crippen LogP contribution in [0.25, 0.3) is 170 Å². The van der Waals surface area contributed by atoms with Gasteiger partial charge < -0.3 is 27.4 Å². The first-order valence-corrected chi connectivity index (χ1v) is 29.7.